The number of hydrogen-bond acceptors (Lipinski definition) is 3. The van der Waals surface area contributed by atoms with Gasteiger partial charge in [0.05, 0.1) is 0 Å². The van der Waals surface area contributed by atoms with E-state index in [1.54, 1.807) is 12.1 Å². The Morgan fingerprint density at radius 1 is 1.12 bits per heavy atom. The Bertz CT molecular complexity index is 848. The molecule has 0 aromatic heterocycles. The van der Waals surface area contributed by atoms with Crippen molar-refractivity contribution in [2.24, 2.45) is 0 Å². The molecule has 24 heavy (non-hydrogen) atoms. The molecule has 0 radical (unpaired) electrons. The van der Waals surface area contributed by atoms with E-state index in [0.717, 1.165) is 6.07 Å². The average Bonchev–Trinajstić information content (AvgIpc) is 2.88. The fourth-order valence-electron chi connectivity index (χ4n) is 2.86. The Morgan fingerprint density at radius 3 is 2.50 bits per heavy atom. The van der Waals surface area contributed by atoms with Gasteiger partial charge in [0, 0.05) is 12.2 Å². The molecule has 0 bridgehead atoms. The summed E-state index contributed by atoms with van der Waals surface area (Å²) in [6.07, 6.45) is 0.334. The molecule has 3 rings (SSSR count). The van der Waals surface area contributed by atoms with Gasteiger partial charge in [0.15, 0.2) is 0 Å². The van der Waals surface area contributed by atoms with Crippen LogP contribution in [0.4, 0.5) is 10.1 Å². The van der Waals surface area contributed by atoms with Gasteiger partial charge in [-0.25, -0.2) is 12.8 Å². The van der Waals surface area contributed by atoms with E-state index in [0.29, 0.717) is 24.2 Å². The largest absolute Gasteiger partial charge is 0.311 e. The molecule has 5 nitrogen and oxygen atoms in total. The van der Waals surface area contributed by atoms with E-state index in [1.165, 1.54) is 24.0 Å². The minimum Gasteiger partial charge on any atom is -0.311 e. The Morgan fingerprint density at radius 2 is 1.83 bits per heavy atom. The predicted octanol–water partition coefficient (Wildman–Crippen LogP) is 2.22. The molecular weight excluding hydrogens is 331 g/mol. The summed E-state index contributed by atoms with van der Waals surface area (Å²) in [7, 11) is -4.12. The molecule has 1 saturated heterocycles. The lowest BCUT2D eigenvalue weighted by Gasteiger charge is -2.17. The van der Waals surface area contributed by atoms with Crippen LogP contribution in [0, 0.1) is 12.7 Å². The summed E-state index contributed by atoms with van der Waals surface area (Å²) in [5.41, 5.74) is 1.01. The number of para-hydroxylation sites is 1. The SMILES string of the molecule is Cc1cccc(F)c1S(=O)(=O)NC1CCN(c2ccccc2)C1=O. The molecule has 1 N–H and O–H groups in total. The molecule has 126 valence electrons. The first kappa shape index (κ1) is 16.6. The van der Waals surface area contributed by atoms with Crippen molar-refractivity contribution in [3.05, 3.63) is 59.9 Å². The van der Waals surface area contributed by atoms with Crippen LogP contribution in [0.3, 0.4) is 0 Å². The highest BCUT2D eigenvalue weighted by Crippen LogP contribution is 2.24. The molecule has 1 fully saturated rings. The number of carbonyl (C=O) groups is 1. The summed E-state index contributed by atoms with van der Waals surface area (Å²) in [5, 5.41) is 0. The van der Waals surface area contributed by atoms with Crippen LogP contribution in [-0.2, 0) is 14.8 Å². The maximum absolute atomic E-state index is 13.9. The summed E-state index contributed by atoms with van der Waals surface area (Å²) >= 11 is 0. The van der Waals surface area contributed by atoms with Gasteiger partial charge in [-0.2, -0.15) is 4.72 Å². The lowest BCUT2D eigenvalue weighted by atomic mass is 10.2. The van der Waals surface area contributed by atoms with E-state index in [1.807, 2.05) is 18.2 Å². The zero-order chi connectivity index (χ0) is 17.3. The molecule has 2 aromatic carbocycles. The molecule has 1 unspecified atom stereocenters. The Labute approximate surface area is 140 Å². The van der Waals surface area contributed by atoms with E-state index in [9.17, 15) is 17.6 Å². The van der Waals surface area contributed by atoms with Crippen LogP contribution in [0.25, 0.3) is 0 Å². The van der Waals surface area contributed by atoms with Gasteiger partial charge in [0.1, 0.15) is 16.8 Å². The molecule has 1 amide bonds. The molecule has 1 heterocycles. The smallest absolute Gasteiger partial charge is 0.245 e. The van der Waals surface area contributed by atoms with E-state index in [2.05, 4.69) is 4.72 Å². The van der Waals surface area contributed by atoms with Crippen molar-refractivity contribution in [1.82, 2.24) is 4.72 Å². The van der Waals surface area contributed by atoms with E-state index < -0.39 is 26.8 Å². The van der Waals surface area contributed by atoms with Crippen molar-refractivity contribution in [2.45, 2.75) is 24.3 Å². The number of carbonyl (C=O) groups excluding carboxylic acids is 1. The van der Waals surface area contributed by atoms with E-state index in [4.69, 9.17) is 0 Å². The summed E-state index contributed by atoms with van der Waals surface area (Å²) in [4.78, 5) is 13.6. The third-order valence-corrected chi connectivity index (χ3v) is 5.65. The van der Waals surface area contributed by atoms with Crippen LogP contribution in [0.2, 0.25) is 0 Å². The van der Waals surface area contributed by atoms with Crippen LogP contribution in [-0.4, -0.2) is 26.9 Å². The maximum Gasteiger partial charge on any atom is 0.245 e. The summed E-state index contributed by atoms with van der Waals surface area (Å²) in [6, 6.07) is 12.2. The Kier molecular flexibility index (Phi) is 4.38. The fourth-order valence-corrected chi connectivity index (χ4v) is 4.38. The van der Waals surface area contributed by atoms with Gasteiger partial charge < -0.3 is 4.90 Å². The van der Waals surface area contributed by atoms with Crippen molar-refractivity contribution in [1.29, 1.82) is 0 Å². The van der Waals surface area contributed by atoms with Gasteiger partial charge in [0.2, 0.25) is 15.9 Å². The molecule has 0 aliphatic carbocycles. The highest BCUT2D eigenvalue weighted by Gasteiger charge is 2.36. The first-order chi connectivity index (χ1) is 11.4. The van der Waals surface area contributed by atoms with Crippen LogP contribution in [0.15, 0.2) is 53.4 Å². The summed E-state index contributed by atoms with van der Waals surface area (Å²) in [6.45, 7) is 1.93. The van der Waals surface area contributed by atoms with Gasteiger partial charge in [0.25, 0.3) is 0 Å². The third kappa shape index (κ3) is 3.05. The van der Waals surface area contributed by atoms with Crippen molar-refractivity contribution >= 4 is 21.6 Å². The number of halogens is 1. The van der Waals surface area contributed by atoms with E-state index in [-0.39, 0.29) is 5.91 Å². The second-order valence-electron chi connectivity index (χ2n) is 5.67. The monoisotopic (exact) mass is 348 g/mol. The zero-order valence-electron chi connectivity index (χ0n) is 13.1. The standard InChI is InChI=1S/C17H17FN2O3S/c1-12-6-5-9-14(18)16(12)24(22,23)19-15-10-11-20(17(15)21)13-7-3-2-4-8-13/h2-9,15,19H,10-11H2,1H3. The first-order valence-electron chi connectivity index (χ1n) is 7.54. The molecule has 0 saturated carbocycles. The second kappa shape index (κ2) is 6.33. The molecule has 1 aliphatic rings. The lowest BCUT2D eigenvalue weighted by Crippen LogP contribution is -2.41. The maximum atomic E-state index is 13.9. The topological polar surface area (TPSA) is 66.5 Å². The Hall–Kier alpha value is -2.25. The number of rotatable bonds is 4. The molecule has 1 atom stereocenters. The van der Waals surface area contributed by atoms with Crippen molar-refractivity contribution in [3.63, 3.8) is 0 Å². The lowest BCUT2D eigenvalue weighted by molar-refractivity contribution is -0.118. The zero-order valence-corrected chi connectivity index (χ0v) is 13.9. The third-order valence-electron chi connectivity index (χ3n) is 4.00. The number of amides is 1. The van der Waals surface area contributed by atoms with Crippen LogP contribution in [0.1, 0.15) is 12.0 Å². The highest BCUT2D eigenvalue weighted by molar-refractivity contribution is 7.89. The second-order valence-corrected chi connectivity index (χ2v) is 7.32. The van der Waals surface area contributed by atoms with Crippen LogP contribution in [0.5, 0.6) is 0 Å². The summed E-state index contributed by atoms with van der Waals surface area (Å²) in [5.74, 6) is -1.16. The van der Waals surface area contributed by atoms with Crippen molar-refractivity contribution in [2.75, 3.05) is 11.4 Å². The minimum absolute atomic E-state index is 0.299. The normalized spacial score (nSPS) is 18.2. The molecular formula is C17H17FN2O3S. The van der Waals surface area contributed by atoms with Crippen LogP contribution < -0.4 is 9.62 Å². The van der Waals surface area contributed by atoms with Crippen molar-refractivity contribution in [3.8, 4) is 0 Å². The number of sulfonamides is 1. The number of hydrogen-bond donors (Lipinski definition) is 1. The molecule has 1 aliphatic heterocycles. The Balaban J connectivity index is 1.83. The van der Waals surface area contributed by atoms with Crippen molar-refractivity contribution < 1.29 is 17.6 Å². The van der Waals surface area contributed by atoms with Gasteiger partial charge >= 0.3 is 0 Å². The number of aryl methyl sites for hydroxylation is 1. The minimum atomic E-state index is -4.12. The number of nitrogens with one attached hydrogen (secondary N) is 1. The number of benzene rings is 2. The van der Waals surface area contributed by atoms with Gasteiger partial charge in [-0.3, -0.25) is 4.79 Å². The average molecular weight is 348 g/mol. The highest BCUT2D eigenvalue weighted by atomic mass is 32.2. The predicted molar refractivity (Wildman–Crippen MR) is 88.7 cm³/mol. The quantitative estimate of drug-likeness (QED) is 0.921. The molecule has 0 spiro atoms. The van der Waals surface area contributed by atoms with E-state index >= 15 is 0 Å². The number of nitrogens with zero attached hydrogens (tertiary/aromatic N) is 1. The van der Waals surface area contributed by atoms with Gasteiger partial charge in [-0.15, -0.1) is 0 Å². The number of anilines is 1. The van der Waals surface area contributed by atoms with Crippen LogP contribution >= 0.6 is 0 Å². The first-order valence-corrected chi connectivity index (χ1v) is 9.02. The molecule has 7 heteroatoms. The summed E-state index contributed by atoms with van der Waals surface area (Å²) < 4.78 is 41.3. The van der Waals surface area contributed by atoms with Gasteiger partial charge in [-0.1, -0.05) is 30.3 Å². The van der Waals surface area contributed by atoms with Gasteiger partial charge in [-0.05, 0) is 37.1 Å². The fraction of sp³-hybridized carbons (Fsp3) is 0.235. The molecule has 2 aromatic rings.